The van der Waals surface area contributed by atoms with Gasteiger partial charge in [-0.25, -0.2) is 4.39 Å². The summed E-state index contributed by atoms with van der Waals surface area (Å²) in [5.74, 6) is 0.260. The van der Waals surface area contributed by atoms with E-state index in [0.717, 1.165) is 11.3 Å². The molecule has 0 aliphatic heterocycles. The molecule has 0 bridgehead atoms. The maximum Gasteiger partial charge on any atom is 0.131 e. The van der Waals surface area contributed by atoms with Crippen LogP contribution in [-0.2, 0) is 13.2 Å². The standard InChI is InChI=1S/C20H15Cl3FNO/c21-14-6-9-20(18(23)10-14)25-11-13-4-7-15(8-5-13)26-12-16-17(22)2-1-3-19(16)24/h1-10,25H,11-12H2. The molecule has 3 aromatic rings. The first kappa shape index (κ1) is 18.8. The number of benzene rings is 3. The van der Waals surface area contributed by atoms with Crippen molar-refractivity contribution in [3.8, 4) is 5.75 Å². The molecule has 0 atom stereocenters. The maximum absolute atomic E-state index is 13.7. The Bertz CT molecular complexity index is 880. The van der Waals surface area contributed by atoms with Gasteiger partial charge in [-0.2, -0.15) is 0 Å². The van der Waals surface area contributed by atoms with E-state index in [1.807, 2.05) is 30.3 Å². The Kier molecular flexibility index (Phi) is 6.25. The summed E-state index contributed by atoms with van der Waals surface area (Å²) in [5, 5.41) is 4.77. The summed E-state index contributed by atoms with van der Waals surface area (Å²) in [5.41, 5.74) is 2.20. The van der Waals surface area contributed by atoms with Crippen LogP contribution in [0.1, 0.15) is 11.1 Å². The smallest absolute Gasteiger partial charge is 0.131 e. The molecule has 3 rings (SSSR count). The van der Waals surface area contributed by atoms with Crippen LogP contribution in [0.15, 0.2) is 60.7 Å². The fraction of sp³-hybridized carbons (Fsp3) is 0.100. The van der Waals surface area contributed by atoms with E-state index in [9.17, 15) is 4.39 Å². The molecule has 0 spiro atoms. The van der Waals surface area contributed by atoms with Gasteiger partial charge in [0.1, 0.15) is 18.2 Å². The lowest BCUT2D eigenvalue weighted by Crippen LogP contribution is -2.01. The zero-order valence-electron chi connectivity index (χ0n) is 13.6. The maximum atomic E-state index is 13.7. The van der Waals surface area contributed by atoms with Gasteiger partial charge in [0.2, 0.25) is 0 Å². The first-order chi connectivity index (χ1) is 12.5. The number of halogens is 4. The van der Waals surface area contributed by atoms with Crippen molar-refractivity contribution in [1.29, 1.82) is 0 Å². The number of anilines is 1. The summed E-state index contributed by atoms with van der Waals surface area (Å²) in [6.45, 7) is 0.671. The molecule has 0 heterocycles. The molecule has 3 aromatic carbocycles. The van der Waals surface area contributed by atoms with E-state index >= 15 is 0 Å². The zero-order valence-corrected chi connectivity index (χ0v) is 15.9. The molecule has 0 unspecified atom stereocenters. The Morgan fingerprint density at radius 2 is 1.65 bits per heavy atom. The third-order valence-electron chi connectivity index (χ3n) is 3.78. The van der Waals surface area contributed by atoms with Crippen LogP contribution < -0.4 is 10.1 Å². The molecule has 134 valence electrons. The van der Waals surface area contributed by atoms with Crippen molar-refractivity contribution in [1.82, 2.24) is 0 Å². The highest BCUT2D eigenvalue weighted by molar-refractivity contribution is 6.36. The molecule has 2 nitrogen and oxygen atoms in total. The Hall–Kier alpha value is -1.94. The minimum Gasteiger partial charge on any atom is -0.489 e. The number of rotatable bonds is 6. The van der Waals surface area contributed by atoms with Crippen LogP contribution in [0.5, 0.6) is 5.75 Å². The monoisotopic (exact) mass is 409 g/mol. The zero-order chi connectivity index (χ0) is 18.5. The van der Waals surface area contributed by atoms with Gasteiger partial charge in [-0.15, -0.1) is 0 Å². The van der Waals surface area contributed by atoms with Crippen LogP contribution in [0.2, 0.25) is 15.1 Å². The van der Waals surface area contributed by atoms with E-state index in [2.05, 4.69) is 5.32 Å². The topological polar surface area (TPSA) is 21.3 Å². The highest BCUT2D eigenvalue weighted by Gasteiger charge is 2.08. The van der Waals surface area contributed by atoms with E-state index in [1.54, 1.807) is 24.3 Å². The molecular weight excluding hydrogens is 396 g/mol. The van der Waals surface area contributed by atoms with Crippen molar-refractivity contribution in [2.45, 2.75) is 13.2 Å². The van der Waals surface area contributed by atoms with Crippen molar-refractivity contribution in [3.05, 3.63) is 92.7 Å². The lowest BCUT2D eigenvalue weighted by molar-refractivity contribution is 0.300. The van der Waals surface area contributed by atoms with E-state index < -0.39 is 0 Å². The van der Waals surface area contributed by atoms with Gasteiger partial charge in [0.15, 0.2) is 0 Å². The predicted molar refractivity (Wildman–Crippen MR) is 106 cm³/mol. The van der Waals surface area contributed by atoms with Gasteiger partial charge in [-0.1, -0.05) is 53.0 Å². The molecule has 0 fully saturated rings. The molecular formula is C20H15Cl3FNO. The van der Waals surface area contributed by atoms with Crippen molar-refractivity contribution in [2.75, 3.05) is 5.32 Å². The van der Waals surface area contributed by atoms with Gasteiger partial charge in [0, 0.05) is 17.1 Å². The summed E-state index contributed by atoms with van der Waals surface area (Å²) < 4.78 is 19.4. The van der Waals surface area contributed by atoms with Gasteiger partial charge < -0.3 is 10.1 Å². The van der Waals surface area contributed by atoms with Crippen LogP contribution in [0.4, 0.5) is 10.1 Å². The summed E-state index contributed by atoms with van der Waals surface area (Å²) in [7, 11) is 0. The van der Waals surface area contributed by atoms with Crippen LogP contribution >= 0.6 is 34.8 Å². The van der Waals surface area contributed by atoms with Crippen LogP contribution in [0.3, 0.4) is 0 Å². The van der Waals surface area contributed by atoms with Gasteiger partial charge in [0.25, 0.3) is 0 Å². The third-order valence-corrected chi connectivity index (χ3v) is 4.68. The molecule has 1 N–H and O–H groups in total. The molecule has 0 aromatic heterocycles. The normalized spacial score (nSPS) is 10.6. The average Bonchev–Trinajstić information content (AvgIpc) is 2.62. The van der Waals surface area contributed by atoms with Gasteiger partial charge in [0.05, 0.1) is 15.7 Å². The first-order valence-electron chi connectivity index (χ1n) is 7.86. The highest BCUT2D eigenvalue weighted by atomic mass is 35.5. The van der Waals surface area contributed by atoms with Gasteiger partial charge in [-0.3, -0.25) is 0 Å². The van der Waals surface area contributed by atoms with Crippen LogP contribution in [0.25, 0.3) is 0 Å². The number of nitrogens with one attached hydrogen (secondary N) is 1. The van der Waals surface area contributed by atoms with E-state index in [4.69, 9.17) is 39.5 Å². The molecule has 26 heavy (non-hydrogen) atoms. The Labute approximate surface area is 166 Å². The molecule has 0 aliphatic carbocycles. The Morgan fingerprint density at radius 1 is 0.885 bits per heavy atom. The quantitative estimate of drug-likeness (QED) is 0.473. The van der Waals surface area contributed by atoms with E-state index in [0.29, 0.717) is 32.9 Å². The van der Waals surface area contributed by atoms with Crippen molar-refractivity contribution >= 4 is 40.5 Å². The van der Waals surface area contributed by atoms with Crippen molar-refractivity contribution < 1.29 is 9.13 Å². The Morgan fingerprint density at radius 3 is 2.35 bits per heavy atom. The van der Waals surface area contributed by atoms with Crippen LogP contribution in [0, 0.1) is 5.82 Å². The van der Waals surface area contributed by atoms with Crippen molar-refractivity contribution in [2.24, 2.45) is 0 Å². The third kappa shape index (κ3) is 4.82. The number of hydrogen-bond acceptors (Lipinski definition) is 2. The second kappa shape index (κ2) is 8.63. The minimum absolute atomic E-state index is 0.0729. The Balaban J connectivity index is 1.58. The average molecular weight is 411 g/mol. The molecule has 0 radical (unpaired) electrons. The van der Waals surface area contributed by atoms with Gasteiger partial charge in [-0.05, 0) is 48.0 Å². The largest absolute Gasteiger partial charge is 0.489 e. The minimum atomic E-state index is -0.377. The van der Waals surface area contributed by atoms with Crippen LogP contribution in [-0.4, -0.2) is 0 Å². The molecule has 0 saturated carbocycles. The summed E-state index contributed by atoms with van der Waals surface area (Å²) in [6.07, 6.45) is 0. The molecule has 6 heteroatoms. The van der Waals surface area contributed by atoms with Gasteiger partial charge >= 0.3 is 0 Å². The lowest BCUT2D eigenvalue weighted by Gasteiger charge is -2.11. The highest BCUT2D eigenvalue weighted by Crippen LogP contribution is 2.26. The fourth-order valence-corrected chi connectivity index (χ4v) is 3.05. The summed E-state index contributed by atoms with van der Waals surface area (Å²) >= 11 is 18.0. The SMILES string of the molecule is Fc1cccc(Cl)c1COc1ccc(CNc2ccc(Cl)cc2Cl)cc1. The second-order valence-corrected chi connectivity index (χ2v) is 6.86. The summed E-state index contributed by atoms with van der Waals surface area (Å²) in [6, 6.07) is 17.4. The van der Waals surface area contributed by atoms with E-state index in [1.165, 1.54) is 6.07 Å². The second-order valence-electron chi connectivity index (χ2n) is 5.61. The fourth-order valence-electron chi connectivity index (χ4n) is 2.36. The molecule has 0 amide bonds. The number of hydrogen-bond donors (Lipinski definition) is 1. The lowest BCUT2D eigenvalue weighted by atomic mass is 10.2. The number of ether oxygens (including phenoxy) is 1. The van der Waals surface area contributed by atoms with Crippen molar-refractivity contribution in [3.63, 3.8) is 0 Å². The van der Waals surface area contributed by atoms with E-state index in [-0.39, 0.29) is 12.4 Å². The summed E-state index contributed by atoms with van der Waals surface area (Å²) in [4.78, 5) is 0. The molecule has 0 aliphatic rings. The predicted octanol–water partition coefficient (Wildman–Crippen LogP) is 6.98. The first-order valence-corrected chi connectivity index (χ1v) is 9.00. The molecule has 0 saturated heterocycles.